The zero-order valence-corrected chi connectivity index (χ0v) is 16.5. The lowest BCUT2D eigenvalue weighted by atomic mass is 10.1. The predicted octanol–water partition coefficient (Wildman–Crippen LogP) is 2.16. The number of aromatic nitrogens is 1. The number of pyridine rings is 1. The number of aryl methyl sites for hydroxylation is 1. The van der Waals surface area contributed by atoms with Crippen molar-refractivity contribution in [1.82, 2.24) is 9.47 Å². The lowest BCUT2D eigenvalue weighted by Crippen LogP contribution is -2.49. The van der Waals surface area contributed by atoms with E-state index in [0.29, 0.717) is 49.8 Å². The van der Waals surface area contributed by atoms with E-state index in [1.165, 1.54) is 6.20 Å². The normalized spacial score (nSPS) is 21.5. The van der Waals surface area contributed by atoms with Crippen molar-refractivity contribution in [3.63, 3.8) is 0 Å². The van der Waals surface area contributed by atoms with E-state index in [1.54, 1.807) is 10.6 Å². The third-order valence-corrected chi connectivity index (χ3v) is 6.08. The quantitative estimate of drug-likeness (QED) is 0.849. The second-order valence-electron chi connectivity index (χ2n) is 7.92. The Morgan fingerprint density at radius 3 is 2.41 bits per heavy atom. The molecule has 2 aliphatic rings. The maximum atomic E-state index is 14.9. The summed E-state index contributed by atoms with van der Waals surface area (Å²) < 4.78 is 16.5. The van der Waals surface area contributed by atoms with Gasteiger partial charge in [-0.25, -0.2) is 9.18 Å². The van der Waals surface area contributed by atoms with Crippen LogP contribution in [0.25, 0.3) is 10.9 Å². The minimum absolute atomic E-state index is 0.0598. The molecule has 1 aliphatic heterocycles. The first-order valence-corrected chi connectivity index (χ1v) is 9.95. The molecule has 2 aromatic rings. The van der Waals surface area contributed by atoms with Gasteiger partial charge in [0, 0.05) is 50.2 Å². The van der Waals surface area contributed by atoms with Crippen LogP contribution in [0.2, 0.25) is 0 Å². The van der Waals surface area contributed by atoms with Gasteiger partial charge < -0.3 is 19.5 Å². The molecule has 0 spiro atoms. The van der Waals surface area contributed by atoms with E-state index in [0.717, 1.165) is 12.5 Å². The number of benzene rings is 1. The molecular formula is C21H24FN3O4. The lowest BCUT2D eigenvalue weighted by Gasteiger charge is -2.36. The molecule has 1 aliphatic carbocycles. The van der Waals surface area contributed by atoms with Crippen molar-refractivity contribution in [1.29, 1.82) is 0 Å². The van der Waals surface area contributed by atoms with Gasteiger partial charge in [-0.05, 0) is 31.4 Å². The predicted molar refractivity (Wildman–Crippen MR) is 107 cm³/mol. The summed E-state index contributed by atoms with van der Waals surface area (Å²) in [6, 6.07) is 2.75. The van der Waals surface area contributed by atoms with E-state index >= 15 is 0 Å². The van der Waals surface area contributed by atoms with Crippen LogP contribution >= 0.6 is 0 Å². The summed E-state index contributed by atoms with van der Waals surface area (Å²) >= 11 is 0. The molecule has 154 valence electrons. The highest BCUT2D eigenvalue weighted by atomic mass is 19.1. The number of amides is 1. The Balaban J connectivity index is 1.64. The van der Waals surface area contributed by atoms with Crippen LogP contribution in [-0.2, 0) is 11.3 Å². The van der Waals surface area contributed by atoms with Crippen molar-refractivity contribution in [2.75, 3.05) is 31.1 Å². The van der Waals surface area contributed by atoms with Crippen LogP contribution in [0.15, 0.2) is 23.1 Å². The number of carboxylic acids is 1. The number of aromatic carboxylic acids is 1. The average molecular weight is 401 g/mol. The van der Waals surface area contributed by atoms with Crippen molar-refractivity contribution < 1.29 is 19.1 Å². The van der Waals surface area contributed by atoms with Crippen LogP contribution in [-0.4, -0.2) is 52.6 Å². The van der Waals surface area contributed by atoms with Gasteiger partial charge in [0.1, 0.15) is 11.4 Å². The standard InChI is InChI=1S/C21H24FN3O4/c1-3-23-11-15(21(28)29)19(26)14-9-16(22)18(10-17(14)23)24-4-6-25(7-5-24)20(27)13-8-12(13)2/h9-13H,3-8H2,1-2H3,(H,28,29). The number of anilines is 1. The number of halogens is 1. The molecule has 2 fully saturated rings. The van der Waals surface area contributed by atoms with Gasteiger partial charge in [-0.3, -0.25) is 9.59 Å². The van der Waals surface area contributed by atoms with Gasteiger partial charge in [-0.1, -0.05) is 6.92 Å². The van der Waals surface area contributed by atoms with Gasteiger partial charge in [-0.15, -0.1) is 0 Å². The molecule has 7 nitrogen and oxygen atoms in total. The summed E-state index contributed by atoms with van der Waals surface area (Å²) in [5.41, 5.74) is -0.178. The fourth-order valence-electron chi connectivity index (χ4n) is 4.12. The van der Waals surface area contributed by atoms with Gasteiger partial charge in [0.2, 0.25) is 11.3 Å². The van der Waals surface area contributed by atoms with Crippen molar-refractivity contribution in [2.24, 2.45) is 11.8 Å². The number of carbonyl (C=O) groups is 2. The minimum Gasteiger partial charge on any atom is -0.477 e. The van der Waals surface area contributed by atoms with Crippen molar-refractivity contribution in [3.8, 4) is 0 Å². The Hall–Kier alpha value is -2.90. The number of carboxylic acid groups (broad SMARTS) is 1. The number of fused-ring (bicyclic) bond motifs is 1. The Labute approximate surface area is 167 Å². The average Bonchev–Trinajstić information content (AvgIpc) is 3.44. The maximum absolute atomic E-state index is 14.9. The molecule has 8 heteroatoms. The Morgan fingerprint density at radius 2 is 1.86 bits per heavy atom. The zero-order valence-electron chi connectivity index (χ0n) is 16.5. The van der Waals surface area contributed by atoms with E-state index in [-0.39, 0.29) is 22.8 Å². The lowest BCUT2D eigenvalue weighted by molar-refractivity contribution is -0.133. The van der Waals surface area contributed by atoms with Crippen LogP contribution in [0, 0.1) is 17.7 Å². The first-order chi connectivity index (χ1) is 13.8. The van der Waals surface area contributed by atoms with Gasteiger partial charge in [0.15, 0.2) is 0 Å². The third kappa shape index (κ3) is 3.36. The van der Waals surface area contributed by atoms with Crippen LogP contribution in [0.5, 0.6) is 0 Å². The fraction of sp³-hybridized carbons (Fsp3) is 0.476. The summed E-state index contributed by atoms with van der Waals surface area (Å²) in [7, 11) is 0. The molecule has 0 bridgehead atoms. The third-order valence-electron chi connectivity index (χ3n) is 6.08. The van der Waals surface area contributed by atoms with E-state index < -0.39 is 17.2 Å². The maximum Gasteiger partial charge on any atom is 0.341 e. The highest BCUT2D eigenvalue weighted by molar-refractivity contribution is 5.93. The van der Waals surface area contributed by atoms with E-state index in [9.17, 15) is 23.9 Å². The molecule has 1 aromatic heterocycles. The largest absolute Gasteiger partial charge is 0.477 e. The molecule has 1 saturated heterocycles. The van der Waals surface area contributed by atoms with Gasteiger partial charge in [0.05, 0.1) is 11.2 Å². The second kappa shape index (κ2) is 7.17. The second-order valence-corrected chi connectivity index (χ2v) is 7.92. The van der Waals surface area contributed by atoms with Crippen LogP contribution in [0.3, 0.4) is 0 Å². The highest BCUT2D eigenvalue weighted by Gasteiger charge is 2.42. The molecule has 2 heterocycles. The Morgan fingerprint density at radius 1 is 1.21 bits per heavy atom. The molecule has 1 aromatic carbocycles. The first-order valence-electron chi connectivity index (χ1n) is 9.95. The van der Waals surface area contributed by atoms with E-state index in [4.69, 9.17) is 0 Å². The molecule has 0 radical (unpaired) electrons. The van der Waals surface area contributed by atoms with E-state index in [2.05, 4.69) is 6.92 Å². The van der Waals surface area contributed by atoms with Crippen LogP contribution in [0.4, 0.5) is 10.1 Å². The number of carbonyl (C=O) groups excluding carboxylic acids is 1. The molecule has 1 N–H and O–H groups in total. The van der Waals surface area contributed by atoms with Gasteiger partial charge in [0.25, 0.3) is 0 Å². The van der Waals surface area contributed by atoms with Crippen LogP contribution in [0.1, 0.15) is 30.6 Å². The first kappa shape index (κ1) is 19.4. The zero-order chi connectivity index (χ0) is 20.9. The summed E-state index contributed by atoms with van der Waals surface area (Å²) in [4.78, 5) is 40.0. The fourth-order valence-corrected chi connectivity index (χ4v) is 4.12. The SMILES string of the molecule is CCn1cc(C(=O)O)c(=O)c2cc(F)c(N3CCN(C(=O)C4CC4C)CC3)cc21. The smallest absolute Gasteiger partial charge is 0.341 e. The Bertz CT molecular complexity index is 1060. The highest BCUT2D eigenvalue weighted by Crippen LogP contribution is 2.39. The molecule has 4 rings (SSSR count). The number of hydrogen-bond acceptors (Lipinski definition) is 4. The van der Waals surface area contributed by atoms with Crippen molar-refractivity contribution >= 4 is 28.5 Å². The van der Waals surface area contributed by atoms with Gasteiger partial charge in [-0.2, -0.15) is 0 Å². The number of piperazine rings is 1. The summed E-state index contributed by atoms with van der Waals surface area (Å²) in [5, 5.41) is 9.31. The molecule has 2 unspecified atom stereocenters. The van der Waals surface area contributed by atoms with Crippen LogP contribution < -0.4 is 10.3 Å². The topological polar surface area (TPSA) is 82.8 Å². The molecule has 2 atom stereocenters. The molecule has 29 heavy (non-hydrogen) atoms. The monoisotopic (exact) mass is 401 g/mol. The minimum atomic E-state index is -1.32. The molecule has 1 saturated carbocycles. The van der Waals surface area contributed by atoms with Crippen molar-refractivity contribution in [3.05, 3.63) is 39.9 Å². The molecule has 1 amide bonds. The number of rotatable bonds is 4. The summed E-state index contributed by atoms with van der Waals surface area (Å²) in [5.74, 6) is -1.09. The number of hydrogen-bond donors (Lipinski definition) is 1. The Kier molecular flexibility index (Phi) is 4.80. The molecular weight excluding hydrogens is 377 g/mol. The van der Waals surface area contributed by atoms with Gasteiger partial charge >= 0.3 is 5.97 Å². The summed E-state index contributed by atoms with van der Waals surface area (Å²) in [6.07, 6.45) is 2.26. The van der Waals surface area contributed by atoms with Crippen molar-refractivity contribution in [2.45, 2.75) is 26.8 Å². The number of nitrogens with zero attached hydrogens (tertiary/aromatic N) is 3. The van der Waals surface area contributed by atoms with E-state index in [1.807, 2.05) is 16.7 Å². The summed E-state index contributed by atoms with van der Waals surface area (Å²) in [6.45, 7) is 6.46.